The Balaban J connectivity index is 1.49. The fraction of sp³-hybridized carbons (Fsp3) is 0.897. The maximum Gasteiger partial charge on any atom is 0.303 e. The van der Waals surface area contributed by atoms with Gasteiger partial charge in [-0.05, 0) is 84.9 Å². The lowest BCUT2D eigenvalue weighted by Gasteiger charge is -2.59. The Morgan fingerprint density at radius 3 is 2.59 bits per heavy atom. The van der Waals surface area contributed by atoms with E-state index < -0.39 is 6.10 Å². The van der Waals surface area contributed by atoms with Gasteiger partial charge >= 0.3 is 5.97 Å². The summed E-state index contributed by atoms with van der Waals surface area (Å²) in [7, 11) is 0. The van der Waals surface area contributed by atoms with E-state index in [1.165, 1.54) is 63.9 Å². The van der Waals surface area contributed by atoms with Crippen molar-refractivity contribution < 1.29 is 14.6 Å². The van der Waals surface area contributed by atoms with Gasteiger partial charge in [-0.2, -0.15) is 0 Å². The van der Waals surface area contributed by atoms with Gasteiger partial charge in [0, 0.05) is 13.3 Å². The van der Waals surface area contributed by atoms with Crippen LogP contribution in [0.4, 0.5) is 0 Å². The quantitative estimate of drug-likeness (QED) is 0.357. The zero-order valence-electron chi connectivity index (χ0n) is 21.5. The summed E-state index contributed by atoms with van der Waals surface area (Å²) in [6.45, 7) is 13.7. The van der Waals surface area contributed by atoms with Gasteiger partial charge in [0.15, 0.2) is 0 Å². The molecule has 0 aromatic carbocycles. The molecule has 4 aliphatic rings. The van der Waals surface area contributed by atoms with E-state index in [0.717, 1.165) is 42.4 Å². The molecule has 0 aromatic rings. The number of fused-ring (bicyclic) bond motifs is 5. The summed E-state index contributed by atoms with van der Waals surface area (Å²) in [5.41, 5.74) is 2.02. The molecular formula is C29H48O3. The summed E-state index contributed by atoms with van der Waals surface area (Å²) in [6, 6.07) is 0. The van der Waals surface area contributed by atoms with E-state index >= 15 is 0 Å². The first kappa shape index (κ1) is 24.3. The van der Waals surface area contributed by atoms with Crippen molar-refractivity contribution in [3.05, 3.63) is 11.6 Å². The fourth-order valence-electron chi connectivity index (χ4n) is 9.03. The Labute approximate surface area is 196 Å². The van der Waals surface area contributed by atoms with E-state index in [2.05, 4.69) is 40.7 Å². The van der Waals surface area contributed by atoms with Crippen molar-refractivity contribution in [2.75, 3.05) is 0 Å². The fourth-order valence-corrected chi connectivity index (χ4v) is 9.03. The van der Waals surface area contributed by atoms with Crippen LogP contribution in [-0.4, -0.2) is 23.3 Å². The molecular weight excluding hydrogens is 396 g/mol. The Hall–Kier alpha value is -0.830. The van der Waals surface area contributed by atoms with E-state index in [1.54, 1.807) is 0 Å². The Morgan fingerprint density at radius 1 is 1.16 bits per heavy atom. The first-order chi connectivity index (χ1) is 15.1. The van der Waals surface area contributed by atoms with Crippen LogP contribution in [0, 0.1) is 46.3 Å². The number of ether oxygens (including phenoxy) is 1. The first-order valence-electron chi connectivity index (χ1n) is 13.6. The minimum atomic E-state index is -0.537. The molecule has 3 nitrogen and oxygen atoms in total. The Morgan fingerprint density at radius 2 is 1.91 bits per heavy atom. The second-order valence-corrected chi connectivity index (χ2v) is 12.9. The average molecular weight is 445 g/mol. The topological polar surface area (TPSA) is 46.5 Å². The molecule has 0 radical (unpaired) electrons. The van der Waals surface area contributed by atoms with Crippen LogP contribution in [0.2, 0.25) is 0 Å². The van der Waals surface area contributed by atoms with E-state index in [9.17, 15) is 9.90 Å². The van der Waals surface area contributed by atoms with Gasteiger partial charge in [0.05, 0.1) is 6.10 Å². The first-order valence-corrected chi connectivity index (χ1v) is 13.6. The van der Waals surface area contributed by atoms with Crippen molar-refractivity contribution in [1.29, 1.82) is 0 Å². The maximum absolute atomic E-state index is 11.5. The van der Waals surface area contributed by atoms with Crippen molar-refractivity contribution in [2.24, 2.45) is 46.3 Å². The minimum Gasteiger partial charge on any atom is -0.459 e. The molecule has 32 heavy (non-hydrogen) atoms. The smallest absolute Gasteiger partial charge is 0.303 e. The van der Waals surface area contributed by atoms with Crippen molar-refractivity contribution in [3.63, 3.8) is 0 Å². The maximum atomic E-state index is 11.5. The van der Waals surface area contributed by atoms with Crippen molar-refractivity contribution in [1.82, 2.24) is 0 Å². The lowest BCUT2D eigenvalue weighted by atomic mass is 9.46. The molecule has 0 heterocycles. The summed E-state index contributed by atoms with van der Waals surface area (Å²) in [5, 5.41) is 10.9. The number of aliphatic hydroxyl groups is 1. The highest BCUT2D eigenvalue weighted by atomic mass is 16.6. The molecule has 0 amide bonds. The van der Waals surface area contributed by atoms with E-state index in [1.807, 2.05) is 0 Å². The molecule has 3 saturated carbocycles. The van der Waals surface area contributed by atoms with Crippen LogP contribution < -0.4 is 0 Å². The van der Waals surface area contributed by atoms with Crippen LogP contribution in [0.1, 0.15) is 106 Å². The van der Waals surface area contributed by atoms with Crippen LogP contribution in [0.25, 0.3) is 0 Å². The number of allylic oxidation sites excluding steroid dienone is 1. The van der Waals surface area contributed by atoms with Crippen LogP contribution >= 0.6 is 0 Å². The molecule has 3 heteroatoms. The van der Waals surface area contributed by atoms with Gasteiger partial charge in [-0.15, -0.1) is 0 Å². The van der Waals surface area contributed by atoms with Crippen molar-refractivity contribution in [2.45, 2.75) is 118 Å². The normalized spacial score (nSPS) is 44.3. The third kappa shape index (κ3) is 4.21. The molecule has 0 unspecified atom stereocenters. The summed E-state index contributed by atoms with van der Waals surface area (Å²) in [6.07, 6.45) is 13.9. The van der Waals surface area contributed by atoms with Crippen LogP contribution in [0.5, 0.6) is 0 Å². The Kier molecular flexibility index (Phi) is 6.90. The third-order valence-corrected chi connectivity index (χ3v) is 10.6. The number of aliphatic hydroxyl groups excluding tert-OH is 1. The van der Waals surface area contributed by atoms with Gasteiger partial charge in [0.1, 0.15) is 6.10 Å². The summed E-state index contributed by atoms with van der Waals surface area (Å²) in [4.78, 5) is 11.5. The Bertz CT molecular complexity index is 726. The van der Waals surface area contributed by atoms with Crippen LogP contribution in [0.15, 0.2) is 11.6 Å². The second kappa shape index (κ2) is 9.08. The zero-order valence-corrected chi connectivity index (χ0v) is 21.5. The predicted molar refractivity (Wildman–Crippen MR) is 130 cm³/mol. The molecule has 0 aromatic heterocycles. The lowest BCUT2D eigenvalue weighted by Crippen LogP contribution is -2.53. The molecule has 0 spiro atoms. The molecule has 3 fully saturated rings. The van der Waals surface area contributed by atoms with Crippen LogP contribution in [-0.2, 0) is 9.53 Å². The number of carbonyl (C=O) groups excluding carboxylic acids is 1. The van der Waals surface area contributed by atoms with Gasteiger partial charge in [0.25, 0.3) is 0 Å². The summed E-state index contributed by atoms with van der Waals surface area (Å²) < 4.78 is 5.48. The monoisotopic (exact) mass is 444 g/mol. The van der Waals surface area contributed by atoms with E-state index in [4.69, 9.17) is 4.74 Å². The van der Waals surface area contributed by atoms with Gasteiger partial charge in [-0.3, -0.25) is 4.79 Å². The third-order valence-electron chi connectivity index (χ3n) is 10.6. The molecule has 1 N–H and O–H groups in total. The highest BCUT2D eigenvalue weighted by Gasteiger charge is 2.60. The van der Waals surface area contributed by atoms with Gasteiger partial charge in [0.2, 0.25) is 0 Å². The average Bonchev–Trinajstić information content (AvgIpc) is 3.05. The summed E-state index contributed by atoms with van der Waals surface area (Å²) >= 11 is 0. The molecule has 4 rings (SSSR count). The molecule has 182 valence electrons. The molecule has 0 saturated heterocycles. The number of carbonyl (C=O) groups is 1. The summed E-state index contributed by atoms with van der Waals surface area (Å²) in [5.74, 6) is 4.52. The SMILES string of the molecule is CC(=O)O[C@@H]1CC2=CC[C@H]3[C@@H]4CC[C@H]([C@H](C)CCCC(C)C)[C@@]4(C)CC[C@@H]3[C@@]2(C)C[C@H]1O. The van der Waals surface area contributed by atoms with E-state index in [0.29, 0.717) is 11.3 Å². The standard InChI is InChI=1S/C29H48O3/c1-18(2)8-7-9-19(3)23-12-13-24-22-11-10-21-16-27(32-20(4)30)26(31)17-29(21,6)25(22)14-15-28(23,24)5/h10,18-19,22-27,31H,7-9,11-17H2,1-6H3/t19-,22+,23-,24+,25+,26-,27-,28-,29+/m1/s1. The minimum absolute atomic E-state index is 0.0707. The lowest BCUT2D eigenvalue weighted by molar-refractivity contribution is -0.158. The van der Waals surface area contributed by atoms with Gasteiger partial charge in [-0.25, -0.2) is 0 Å². The number of hydrogen-bond donors (Lipinski definition) is 1. The highest BCUT2D eigenvalue weighted by Crippen LogP contribution is 2.67. The molecule has 0 aliphatic heterocycles. The largest absolute Gasteiger partial charge is 0.459 e. The number of rotatable bonds is 6. The van der Waals surface area contributed by atoms with Crippen molar-refractivity contribution >= 4 is 5.97 Å². The molecule has 0 bridgehead atoms. The van der Waals surface area contributed by atoms with Gasteiger partial charge in [-0.1, -0.05) is 65.5 Å². The predicted octanol–water partition coefficient (Wildman–Crippen LogP) is 6.93. The highest BCUT2D eigenvalue weighted by molar-refractivity contribution is 5.66. The molecule has 9 atom stereocenters. The van der Waals surface area contributed by atoms with Gasteiger partial charge < -0.3 is 9.84 Å². The zero-order chi connectivity index (χ0) is 23.3. The number of esters is 1. The second-order valence-electron chi connectivity index (χ2n) is 12.9. The molecule has 4 aliphatic carbocycles. The van der Waals surface area contributed by atoms with E-state index in [-0.39, 0.29) is 17.5 Å². The number of hydrogen-bond acceptors (Lipinski definition) is 3. The van der Waals surface area contributed by atoms with Crippen LogP contribution in [0.3, 0.4) is 0 Å². The van der Waals surface area contributed by atoms with Crippen molar-refractivity contribution in [3.8, 4) is 0 Å².